The van der Waals surface area contributed by atoms with Crippen molar-refractivity contribution >= 4 is 11.7 Å². The number of aryl methyl sites for hydroxylation is 2. The van der Waals surface area contributed by atoms with Gasteiger partial charge in [0.05, 0.1) is 6.20 Å². The van der Waals surface area contributed by atoms with Gasteiger partial charge in [-0.3, -0.25) is 9.78 Å². The van der Waals surface area contributed by atoms with E-state index < -0.39 is 0 Å². The Balaban J connectivity index is 1.43. The van der Waals surface area contributed by atoms with Gasteiger partial charge in [0.1, 0.15) is 5.82 Å². The van der Waals surface area contributed by atoms with Gasteiger partial charge in [0.25, 0.3) is 5.91 Å². The van der Waals surface area contributed by atoms with Gasteiger partial charge in [-0.2, -0.15) is 0 Å². The molecule has 24 heavy (non-hydrogen) atoms. The van der Waals surface area contributed by atoms with E-state index in [9.17, 15) is 4.79 Å². The normalized spacial score (nSPS) is 17.5. The van der Waals surface area contributed by atoms with Gasteiger partial charge in [-0.25, -0.2) is 4.98 Å². The van der Waals surface area contributed by atoms with E-state index in [0.29, 0.717) is 0 Å². The maximum absolute atomic E-state index is 12.8. The summed E-state index contributed by atoms with van der Waals surface area (Å²) in [4.78, 5) is 25.4. The summed E-state index contributed by atoms with van der Waals surface area (Å²) in [5.74, 6) is 1.04. The van der Waals surface area contributed by atoms with Crippen LogP contribution in [-0.2, 0) is 12.8 Å². The molecule has 0 bridgehead atoms. The first-order chi connectivity index (χ1) is 11.8. The van der Waals surface area contributed by atoms with Crippen molar-refractivity contribution in [1.82, 2.24) is 14.9 Å². The number of rotatable bonds is 2. The molecule has 2 aromatic rings. The summed E-state index contributed by atoms with van der Waals surface area (Å²) in [5, 5.41) is 0. The second-order valence-electron chi connectivity index (χ2n) is 6.53. The molecule has 1 aromatic carbocycles. The van der Waals surface area contributed by atoms with Crippen molar-refractivity contribution in [3.8, 4) is 0 Å². The third-order valence-corrected chi connectivity index (χ3v) is 5.04. The average Bonchev–Trinajstić information content (AvgIpc) is 2.68. The third kappa shape index (κ3) is 2.98. The van der Waals surface area contributed by atoms with E-state index in [1.165, 1.54) is 24.0 Å². The number of carbonyl (C=O) groups is 1. The molecule has 0 saturated carbocycles. The van der Waals surface area contributed by atoms with Crippen molar-refractivity contribution in [2.45, 2.75) is 25.7 Å². The molecule has 0 atom stereocenters. The minimum Gasteiger partial charge on any atom is -0.352 e. The highest BCUT2D eigenvalue weighted by atomic mass is 16.2. The van der Waals surface area contributed by atoms with Crippen molar-refractivity contribution in [1.29, 1.82) is 0 Å². The van der Waals surface area contributed by atoms with Gasteiger partial charge < -0.3 is 9.80 Å². The van der Waals surface area contributed by atoms with E-state index in [1.807, 2.05) is 11.0 Å². The molecule has 1 saturated heterocycles. The lowest BCUT2D eigenvalue weighted by Gasteiger charge is -2.35. The number of hydrogen-bond donors (Lipinski definition) is 0. The maximum Gasteiger partial charge on any atom is 0.253 e. The summed E-state index contributed by atoms with van der Waals surface area (Å²) >= 11 is 0. The van der Waals surface area contributed by atoms with E-state index in [2.05, 4.69) is 27.0 Å². The van der Waals surface area contributed by atoms with E-state index in [0.717, 1.165) is 50.4 Å². The summed E-state index contributed by atoms with van der Waals surface area (Å²) in [6, 6.07) is 6.27. The Morgan fingerprint density at radius 3 is 2.50 bits per heavy atom. The zero-order chi connectivity index (χ0) is 16.4. The Bertz CT molecular complexity index is 723. The lowest BCUT2D eigenvalue weighted by Crippen LogP contribution is -2.49. The Hall–Kier alpha value is -2.43. The Labute approximate surface area is 142 Å². The minimum atomic E-state index is 0.155. The van der Waals surface area contributed by atoms with Crippen LogP contribution in [0, 0.1) is 0 Å². The molecular weight excluding hydrogens is 300 g/mol. The van der Waals surface area contributed by atoms with E-state index in [-0.39, 0.29) is 5.91 Å². The van der Waals surface area contributed by atoms with Crippen LogP contribution in [0.4, 0.5) is 5.82 Å². The van der Waals surface area contributed by atoms with Crippen LogP contribution < -0.4 is 4.90 Å². The van der Waals surface area contributed by atoms with Crippen molar-refractivity contribution in [2.24, 2.45) is 0 Å². The number of hydrogen-bond acceptors (Lipinski definition) is 4. The first-order valence-corrected chi connectivity index (χ1v) is 8.73. The van der Waals surface area contributed by atoms with Gasteiger partial charge in [-0.1, -0.05) is 6.07 Å². The monoisotopic (exact) mass is 322 g/mol. The smallest absolute Gasteiger partial charge is 0.253 e. The highest BCUT2D eigenvalue weighted by molar-refractivity contribution is 5.94. The van der Waals surface area contributed by atoms with Gasteiger partial charge >= 0.3 is 0 Å². The standard InChI is InChI=1S/C19H22N4O/c24-19(17-6-5-15-3-1-2-4-16(15)13-17)23-11-9-22(10-12-23)18-14-20-7-8-21-18/h5-8,13-14H,1-4,9-12H2. The number of nitrogens with zero attached hydrogens (tertiary/aromatic N) is 4. The van der Waals surface area contributed by atoms with Crippen LogP contribution in [-0.4, -0.2) is 47.0 Å². The van der Waals surface area contributed by atoms with Gasteiger partial charge in [0.2, 0.25) is 0 Å². The lowest BCUT2D eigenvalue weighted by atomic mass is 9.90. The molecule has 5 heteroatoms. The quantitative estimate of drug-likeness (QED) is 0.851. The average molecular weight is 322 g/mol. The largest absolute Gasteiger partial charge is 0.352 e. The van der Waals surface area contributed by atoms with Crippen molar-refractivity contribution < 1.29 is 4.79 Å². The molecule has 0 N–H and O–H groups in total. The Kier molecular flexibility index (Phi) is 4.15. The molecule has 1 amide bonds. The second-order valence-corrected chi connectivity index (χ2v) is 6.53. The maximum atomic E-state index is 12.8. The zero-order valence-corrected chi connectivity index (χ0v) is 13.8. The molecule has 124 valence electrons. The van der Waals surface area contributed by atoms with E-state index >= 15 is 0 Å². The third-order valence-electron chi connectivity index (χ3n) is 5.04. The number of benzene rings is 1. The molecule has 4 rings (SSSR count). The van der Waals surface area contributed by atoms with Crippen molar-refractivity contribution in [3.63, 3.8) is 0 Å². The Morgan fingerprint density at radius 2 is 1.75 bits per heavy atom. The second kappa shape index (κ2) is 6.59. The number of amides is 1. The fourth-order valence-corrected chi connectivity index (χ4v) is 3.64. The minimum absolute atomic E-state index is 0.155. The highest BCUT2D eigenvalue weighted by Crippen LogP contribution is 2.23. The van der Waals surface area contributed by atoms with Crippen LogP contribution in [0.3, 0.4) is 0 Å². The first-order valence-electron chi connectivity index (χ1n) is 8.73. The van der Waals surface area contributed by atoms with Crippen molar-refractivity contribution in [2.75, 3.05) is 31.1 Å². The highest BCUT2D eigenvalue weighted by Gasteiger charge is 2.23. The van der Waals surface area contributed by atoms with Gasteiger partial charge in [0, 0.05) is 44.1 Å². The molecule has 0 spiro atoms. The van der Waals surface area contributed by atoms with Gasteiger partial charge in [0.15, 0.2) is 0 Å². The predicted molar refractivity (Wildman–Crippen MR) is 93.2 cm³/mol. The fraction of sp³-hybridized carbons (Fsp3) is 0.421. The van der Waals surface area contributed by atoms with Crippen LogP contribution in [0.2, 0.25) is 0 Å². The number of aromatic nitrogens is 2. The number of fused-ring (bicyclic) bond motifs is 1. The molecule has 1 fully saturated rings. The summed E-state index contributed by atoms with van der Waals surface area (Å²) < 4.78 is 0. The fourth-order valence-electron chi connectivity index (χ4n) is 3.64. The lowest BCUT2D eigenvalue weighted by molar-refractivity contribution is 0.0746. The van der Waals surface area contributed by atoms with Crippen LogP contribution in [0.5, 0.6) is 0 Å². The molecule has 0 unspecified atom stereocenters. The van der Waals surface area contributed by atoms with Crippen LogP contribution >= 0.6 is 0 Å². The molecule has 0 radical (unpaired) electrons. The van der Waals surface area contributed by atoms with Gasteiger partial charge in [-0.05, 0) is 48.9 Å². The molecule has 1 aliphatic heterocycles. The predicted octanol–water partition coefficient (Wildman–Crippen LogP) is 2.32. The van der Waals surface area contributed by atoms with Crippen LogP contribution in [0.15, 0.2) is 36.8 Å². The number of piperazine rings is 1. The summed E-state index contributed by atoms with van der Waals surface area (Å²) in [7, 11) is 0. The van der Waals surface area contributed by atoms with Gasteiger partial charge in [-0.15, -0.1) is 0 Å². The molecule has 2 aliphatic rings. The summed E-state index contributed by atoms with van der Waals surface area (Å²) in [6.45, 7) is 3.06. The molecule has 2 heterocycles. The van der Waals surface area contributed by atoms with Crippen LogP contribution in [0.1, 0.15) is 34.3 Å². The first kappa shape index (κ1) is 15.1. The molecule has 1 aromatic heterocycles. The van der Waals surface area contributed by atoms with Crippen LogP contribution in [0.25, 0.3) is 0 Å². The topological polar surface area (TPSA) is 49.3 Å². The van der Waals surface area contributed by atoms with Crippen molar-refractivity contribution in [3.05, 3.63) is 53.5 Å². The van der Waals surface area contributed by atoms with E-state index in [1.54, 1.807) is 18.6 Å². The zero-order valence-electron chi connectivity index (χ0n) is 13.8. The molecule has 5 nitrogen and oxygen atoms in total. The molecular formula is C19H22N4O. The SMILES string of the molecule is O=C(c1ccc2c(c1)CCCC2)N1CCN(c2cnccn2)CC1. The number of carbonyl (C=O) groups excluding carboxylic acids is 1. The molecule has 1 aliphatic carbocycles. The van der Waals surface area contributed by atoms with E-state index in [4.69, 9.17) is 0 Å². The summed E-state index contributed by atoms with van der Waals surface area (Å²) in [6.07, 6.45) is 9.93. The number of anilines is 1. The Morgan fingerprint density at radius 1 is 0.958 bits per heavy atom. The summed E-state index contributed by atoms with van der Waals surface area (Å²) in [5.41, 5.74) is 3.62.